The molecule has 1 N–H and O–H groups in total. The first-order chi connectivity index (χ1) is 16.2. The summed E-state index contributed by atoms with van der Waals surface area (Å²) in [7, 11) is 0. The van der Waals surface area contributed by atoms with Crippen molar-refractivity contribution in [3.05, 3.63) is 17.8 Å². The van der Waals surface area contributed by atoms with E-state index in [0.29, 0.717) is 13.2 Å². The topological polar surface area (TPSA) is 76.2 Å². The Hall–Kier alpha value is -2.06. The van der Waals surface area contributed by atoms with Crippen LogP contribution in [-0.4, -0.2) is 80.7 Å². The second-order valence-corrected chi connectivity index (χ2v) is 9.92. The van der Waals surface area contributed by atoms with Gasteiger partial charge in [-0.15, -0.1) is 0 Å². The third-order valence-corrected chi connectivity index (χ3v) is 7.72. The molecule has 1 aromatic rings. The van der Waals surface area contributed by atoms with Crippen molar-refractivity contribution in [2.24, 2.45) is 5.92 Å². The number of nitrogens with zero attached hydrogens (tertiary/aromatic N) is 3. The van der Waals surface area contributed by atoms with Crippen LogP contribution in [0.15, 0.2) is 12.3 Å². The molecule has 0 aromatic carbocycles. The van der Waals surface area contributed by atoms with E-state index in [2.05, 4.69) is 26.2 Å². The Bertz CT molecular complexity index is 785. The number of hydrogen-bond donors (Lipinski definition) is 1. The first-order valence-corrected chi connectivity index (χ1v) is 12.9. The van der Waals surface area contributed by atoms with E-state index in [4.69, 9.17) is 14.2 Å². The Kier molecular flexibility index (Phi) is 7.51. The van der Waals surface area contributed by atoms with Crippen LogP contribution >= 0.6 is 0 Å². The van der Waals surface area contributed by atoms with E-state index in [-0.39, 0.29) is 18.2 Å². The van der Waals surface area contributed by atoms with Gasteiger partial charge in [0, 0.05) is 63.2 Å². The number of piperazine rings is 1. The standard InChI is InChI=1S/C25H38N4O4/c30-25(33-22-8-16-31-17-9-22)27-21-3-1-19(2-4-21)6-11-28-12-14-29(15-13-28)24-23-20(5-10-26-24)7-18-32-23/h5,10,19,21-22H,1-4,6-9,11-18H2,(H,27,30)/t19-,21-. The summed E-state index contributed by atoms with van der Waals surface area (Å²) < 4.78 is 16.7. The number of carbonyl (C=O) groups is 1. The van der Waals surface area contributed by atoms with Gasteiger partial charge >= 0.3 is 6.09 Å². The van der Waals surface area contributed by atoms with Crippen LogP contribution in [-0.2, 0) is 15.9 Å². The minimum absolute atomic E-state index is 0.0154. The van der Waals surface area contributed by atoms with Gasteiger partial charge in [0.05, 0.1) is 19.8 Å². The maximum atomic E-state index is 12.2. The van der Waals surface area contributed by atoms with E-state index in [1.54, 1.807) is 0 Å². The van der Waals surface area contributed by atoms with E-state index in [1.165, 1.54) is 31.4 Å². The van der Waals surface area contributed by atoms with E-state index in [9.17, 15) is 4.79 Å². The van der Waals surface area contributed by atoms with Crippen molar-refractivity contribution in [1.29, 1.82) is 0 Å². The fraction of sp³-hybridized carbons (Fsp3) is 0.760. The van der Waals surface area contributed by atoms with Crippen LogP contribution in [0.3, 0.4) is 0 Å². The maximum absolute atomic E-state index is 12.2. The molecule has 1 aromatic heterocycles. The number of fused-ring (bicyclic) bond motifs is 1. The highest BCUT2D eigenvalue weighted by Crippen LogP contribution is 2.34. The summed E-state index contributed by atoms with van der Waals surface area (Å²) in [5, 5.41) is 3.10. The van der Waals surface area contributed by atoms with Gasteiger partial charge in [0.25, 0.3) is 0 Å². The van der Waals surface area contributed by atoms with Gasteiger partial charge in [0.1, 0.15) is 6.10 Å². The monoisotopic (exact) mass is 458 g/mol. The lowest BCUT2D eigenvalue weighted by atomic mass is 9.84. The molecular formula is C25H38N4O4. The fourth-order valence-electron chi connectivity index (χ4n) is 5.61. The number of alkyl carbamates (subject to hydrolysis) is 1. The van der Waals surface area contributed by atoms with Gasteiger partial charge in [-0.1, -0.05) is 0 Å². The van der Waals surface area contributed by atoms with Crippen LogP contribution in [0.1, 0.15) is 50.5 Å². The molecule has 0 spiro atoms. The molecule has 4 aliphatic rings. The molecule has 0 atom stereocenters. The average Bonchev–Trinajstić information content (AvgIpc) is 3.34. The summed E-state index contributed by atoms with van der Waals surface area (Å²) in [6.45, 7) is 7.52. The van der Waals surface area contributed by atoms with Crippen molar-refractivity contribution < 1.29 is 19.0 Å². The Morgan fingerprint density at radius 2 is 1.85 bits per heavy atom. The highest BCUT2D eigenvalue weighted by Gasteiger charge is 2.27. The zero-order valence-electron chi connectivity index (χ0n) is 19.7. The molecule has 0 radical (unpaired) electrons. The molecule has 5 rings (SSSR count). The molecule has 3 aliphatic heterocycles. The molecular weight excluding hydrogens is 420 g/mol. The van der Waals surface area contributed by atoms with Crippen LogP contribution in [0, 0.1) is 5.92 Å². The average molecular weight is 459 g/mol. The Balaban J connectivity index is 0.980. The smallest absolute Gasteiger partial charge is 0.407 e. The summed E-state index contributed by atoms with van der Waals surface area (Å²) in [6, 6.07) is 2.35. The largest absolute Gasteiger partial charge is 0.489 e. The second-order valence-electron chi connectivity index (χ2n) is 9.92. The van der Waals surface area contributed by atoms with Crippen LogP contribution in [0.2, 0.25) is 0 Å². The summed E-state index contributed by atoms with van der Waals surface area (Å²) in [5.74, 6) is 2.80. The van der Waals surface area contributed by atoms with Crippen LogP contribution < -0.4 is 15.0 Å². The van der Waals surface area contributed by atoms with Crippen LogP contribution in [0.5, 0.6) is 5.75 Å². The minimum Gasteiger partial charge on any atom is -0.489 e. The number of anilines is 1. The molecule has 8 heteroatoms. The summed E-state index contributed by atoms with van der Waals surface area (Å²) >= 11 is 0. The summed E-state index contributed by atoms with van der Waals surface area (Å²) in [4.78, 5) is 21.8. The van der Waals surface area contributed by atoms with Crippen LogP contribution in [0.25, 0.3) is 0 Å². The molecule has 8 nitrogen and oxygen atoms in total. The van der Waals surface area contributed by atoms with Gasteiger partial charge in [-0.3, -0.25) is 4.90 Å². The number of carbonyl (C=O) groups excluding carboxylic acids is 1. The number of rotatable bonds is 6. The molecule has 2 saturated heterocycles. The quantitative estimate of drug-likeness (QED) is 0.702. The SMILES string of the molecule is O=C(N[C@H]1CC[C@H](CCN2CCN(c3nccc4c3OCC4)CC2)CC1)OC1CCOCC1. The van der Waals surface area contributed by atoms with E-state index in [1.807, 2.05) is 6.20 Å². The van der Waals surface area contributed by atoms with E-state index < -0.39 is 0 Å². The van der Waals surface area contributed by atoms with E-state index >= 15 is 0 Å². The van der Waals surface area contributed by atoms with Crippen molar-refractivity contribution in [2.45, 2.75) is 63.5 Å². The lowest BCUT2D eigenvalue weighted by Crippen LogP contribution is -2.47. The summed E-state index contributed by atoms with van der Waals surface area (Å²) in [6.07, 6.45) is 10.1. The molecule has 4 heterocycles. The number of ether oxygens (including phenoxy) is 3. The van der Waals surface area contributed by atoms with Gasteiger partial charge in [0.2, 0.25) is 0 Å². The highest BCUT2D eigenvalue weighted by atomic mass is 16.6. The third-order valence-electron chi connectivity index (χ3n) is 7.72. The summed E-state index contributed by atoms with van der Waals surface area (Å²) in [5.41, 5.74) is 1.30. The second kappa shape index (κ2) is 10.9. The molecule has 3 fully saturated rings. The zero-order chi connectivity index (χ0) is 22.5. The van der Waals surface area contributed by atoms with Crippen molar-refractivity contribution >= 4 is 11.9 Å². The molecule has 0 bridgehead atoms. The molecule has 1 aliphatic carbocycles. The predicted octanol–water partition coefficient (Wildman–Crippen LogP) is 2.99. The van der Waals surface area contributed by atoms with Crippen molar-refractivity contribution in [3.63, 3.8) is 0 Å². The van der Waals surface area contributed by atoms with Crippen LogP contribution in [0.4, 0.5) is 10.6 Å². The molecule has 1 amide bonds. The number of nitrogens with one attached hydrogen (secondary N) is 1. The third kappa shape index (κ3) is 5.90. The normalized spacial score (nSPS) is 26.5. The maximum Gasteiger partial charge on any atom is 0.407 e. The predicted molar refractivity (Wildman–Crippen MR) is 126 cm³/mol. The number of amides is 1. The number of hydrogen-bond acceptors (Lipinski definition) is 7. The molecule has 33 heavy (non-hydrogen) atoms. The Morgan fingerprint density at radius 3 is 2.64 bits per heavy atom. The highest BCUT2D eigenvalue weighted by molar-refractivity contribution is 5.67. The lowest BCUT2D eigenvalue weighted by molar-refractivity contribution is 0.000273. The molecule has 1 saturated carbocycles. The van der Waals surface area contributed by atoms with Crippen molar-refractivity contribution in [1.82, 2.24) is 15.2 Å². The Labute approximate surface area is 196 Å². The van der Waals surface area contributed by atoms with Gasteiger partial charge in [-0.25, -0.2) is 9.78 Å². The molecule has 182 valence electrons. The zero-order valence-corrected chi connectivity index (χ0v) is 19.7. The number of pyridine rings is 1. The van der Waals surface area contributed by atoms with E-state index in [0.717, 1.165) is 82.4 Å². The van der Waals surface area contributed by atoms with Gasteiger partial charge in [-0.05, 0) is 50.6 Å². The van der Waals surface area contributed by atoms with Crippen molar-refractivity contribution in [2.75, 3.05) is 57.4 Å². The molecule has 0 unspecified atom stereocenters. The van der Waals surface area contributed by atoms with Crippen molar-refractivity contribution in [3.8, 4) is 5.75 Å². The van der Waals surface area contributed by atoms with Gasteiger partial charge in [0.15, 0.2) is 11.6 Å². The first-order valence-electron chi connectivity index (χ1n) is 12.9. The Morgan fingerprint density at radius 1 is 1.06 bits per heavy atom. The lowest BCUT2D eigenvalue weighted by Gasteiger charge is -2.37. The van der Waals surface area contributed by atoms with Gasteiger partial charge < -0.3 is 24.4 Å². The number of aromatic nitrogens is 1. The first kappa shape index (κ1) is 22.7. The fourth-order valence-corrected chi connectivity index (χ4v) is 5.61. The minimum atomic E-state index is -0.243. The van der Waals surface area contributed by atoms with Gasteiger partial charge in [-0.2, -0.15) is 0 Å².